The van der Waals surface area contributed by atoms with E-state index < -0.39 is 0 Å². The average Bonchev–Trinajstić information content (AvgIpc) is 2.71. The summed E-state index contributed by atoms with van der Waals surface area (Å²) in [5.41, 5.74) is 0. The number of ether oxygens (including phenoxy) is 1. The molecule has 0 radical (unpaired) electrons. The molecule has 5 nitrogen and oxygen atoms in total. The lowest BCUT2D eigenvalue weighted by Gasteiger charge is -2.36. The Kier molecular flexibility index (Phi) is 6.03. The molecular weight excluding hydrogens is 268 g/mol. The van der Waals surface area contributed by atoms with Crippen LogP contribution in [0.4, 0.5) is 0 Å². The number of rotatable bonds is 3. The lowest BCUT2D eigenvalue weighted by atomic mass is 9.93. The van der Waals surface area contributed by atoms with Gasteiger partial charge in [0.1, 0.15) is 0 Å². The quantitative estimate of drug-likeness (QED) is 0.585. The van der Waals surface area contributed by atoms with Gasteiger partial charge in [0.2, 0.25) is 5.91 Å². The number of amides is 1. The van der Waals surface area contributed by atoms with Gasteiger partial charge in [0.25, 0.3) is 0 Å². The van der Waals surface area contributed by atoms with E-state index in [1.54, 1.807) is 0 Å². The Labute approximate surface area is 127 Å². The Morgan fingerprint density at radius 1 is 1.10 bits per heavy atom. The van der Waals surface area contributed by atoms with Crippen LogP contribution in [0.1, 0.15) is 39.0 Å². The number of hydrogen-bond donors (Lipinski definition) is 0. The van der Waals surface area contributed by atoms with Gasteiger partial charge in [-0.25, -0.2) is 0 Å². The number of carbonyl (C=O) groups excluding carboxylic acids is 2. The van der Waals surface area contributed by atoms with E-state index in [0.717, 1.165) is 39.0 Å². The maximum absolute atomic E-state index is 12.7. The van der Waals surface area contributed by atoms with Crippen LogP contribution in [-0.4, -0.2) is 61.5 Å². The van der Waals surface area contributed by atoms with Crippen LogP contribution < -0.4 is 0 Å². The van der Waals surface area contributed by atoms with Crippen molar-refractivity contribution in [1.82, 2.24) is 9.80 Å². The largest absolute Gasteiger partial charge is 0.468 e. The predicted octanol–water partition coefficient (Wildman–Crippen LogP) is 1.52. The molecule has 1 saturated heterocycles. The number of esters is 1. The van der Waals surface area contributed by atoms with Crippen molar-refractivity contribution in [2.75, 3.05) is 39.8 Å². The van der Waals surface area contributed by atoms with E-state index in [4.69, 9.17) is 0 Å². The van der Waals surface area contributed by atoms with E-state index in [0.29, 0.717) is 18.4 Å². The van der Waals surface area contributed by atoms with Crippen molar-refractivity contribution >= 4 is 11.9 Å². The van der Waals surface area contributed by atoms with Crippen molar-refractivity contribution < 1.29 is 14.3 Å². The second-order valence-corrected chi connectivity index (χ2v) is 6.50. The van der Waals surface area contributed by atoms with Crippen molar-refractivity contribution in [2.45, 2.75) is 39.0 Å². The second kappa shape index (κ2) is 7.78. The van der Waals surface area contributed by atoms with E-state index in [2.05, 4.69) is 16.6 Å². The fourth-order valence-electron chi connectivity index (χ4n) is 3.46. The van der Waals surface area contributed by atoms with Crippen LogP contribution in [0.5, 0.6) is 0 Å². The van der Waals surface area contributed by atoms with E-state index in [-0.39, 0.29) is 11.9 Å². The van der Waals surface area contributed by atoms with Crippen molar-refractivity contribution in [1.29, 1.82) is 0 Å². The maximum atomic E-state index is 12.7. The van der Waals surface area contributed by atoms with Crippen molar-refractivity contribution in [3.63, 3.8) is 0 Å². The van der Waals surface area contributed by atoms with Crippen LogP contribution in [0.2, 0.25) is 0 Å². The van der Waals surface area contributed by atoms with Crippen molar-refractivity contribution in [3.8, 4) is 0 Å². The van der Waals surface area contributed by atoms with Gasteiger partial charge < -0.3 is 9.64 Å². The highest BCUT2D eigenvalue weighted by molar-refractivity contribution is 5.79. The molecule has 0 aromatic rings. The predicted molar refractivity (Wildman–Crippen MR) is 80.8 cm³/mol. The lowest BCUT2D eigenvalue weighted by molar-refractivity contribution is -0.143. The molecular formula is C16H28N2O3. The summed E-state index contributed by atoms with van der Waals surface area (Å²) in [4.78, 5) is 28.0. The fourth-order valence-corrected chi connectivity index (χ4v) is 3.46. The molecule has 1 aliphatic carbocycles. The van der Waals surface area contributed by atoms with Crippen LogP contribution in [0.25, 0.3) is 0 Å². The summed E-state index contributed by atoms with van der Waals surface area (Å²) >= 11 is 0. The fraction of sp³-hybridized carbons (Fsp3) is 0.875. The minimum Gasteiger partial charge on any atom is -0.468 e. The number of methoxy groups -OCH3 is 1. The minimum atomic E-state index is -0.202. The first-order chi connectivity index (χ1) is 10.1. The van der Waals surface area contributed by atoms with E-state index >= 15 is 0 Å². The first kappa shape index (κ1) is 16.3. The Bertz CT molecular complexity index is 365. The Balaban J connectivity index is 1.80. The molecule has 21 heavy (non-hydrogen) atoms. The molecule has 0 N–H and O–H groups in total. The van der Waals surface area contributed by atoms with E-state index in [1.807, 2.05) is 4.90 Å². The highest BCUT2D eigenvalue weighted by atomic mass is 16.5. The molecule has 2 rings (SSSR count). The zero-order valence-electron chi connectivity index (χ0n) is 13.3. The van der Waals surface area contributed by atoms with Crippen LogP contribution in [0.15, 0.2) is 0 Å². The van der Waals surface area contributed by atoms with Crippen molar-refractivity contribution in [2.24, 2.45) is 11.8 Å². The Morgan fingerprint density at radius 3 is 2.43 bits per heavy atom. The van der Waals surface area contributed by atoms with Gasteiger partial charge in [0.05, 0.1) is 13.7 Å². The van der Waals surface area contributed by atoms with Crippen LogP contribution in [0.3, 0.4) is 0 Å². The van der Waals surface area contributed by atoms with Crippen LogP contribution in [0, 0.1) is 11.8 Å². The standard InChI is InChI=1S/C16H28N2O3/c1-13-5-3-4-6-14(11-13)16(20)18-9-7-17(8-10-18)12-15(19)21-2/h13-14H,3-12H2,1-2H3. The van der Waals surface area contributed by atoms with Gasteiger partial charge in [-0.2, -0.15) is 0 Å². The number of piperazine rings is 1. The molecule has 5 heteroatoms. The Morgan fingerprint density at radius 2 is 1.76 bits per heavy atom. The summed E-state index contributed by atoms with van der Waals surface area (Å²) in [6, 6.07) is 0. The van der Waals surface area contributed by atoms with Crippen molar-refractivity contribution in [3.05, 3.63) is 0 Å². The maximum Gasteiger partial charge on any atom is 0.319 e. The first-order valence-corrected chi connectivity index (χ1v) is 8.18. The lowest BCUT2D eigenvalue weighted by Crippen LogP contribution is -2.51. The van der Waals surface area contributed by atoms with Gasteiger partial charge in [-0.15, -0.1) is 0 Å². The summed E-state index contributed by atoms with van der Waals surface area (Å²) in [6.07, 6.45) is 5.80. The topological polar surface area (TPSA) is 49.9 Å². The smallest absolute Gasteiger partial charge is 0.319 e. The number of hydrogen-bond acceptors (Lipinski definition) is 4. The average molecular weight is 296 g/mol. The van der Waals surface area contributed by atoms with Crippen LogP contribution >= 0.6 is 0 Å². The molecule has 120 valence electrons. The number of nitrogens with zero attached hydrogens (tertiary/aromatic N) is 2. The molecule has 1 amide bonds. The molecule has 0 aromatic carbocycles. The van der Waals surface area contributed by atoms with Gasteiger partial charge >= 0.3 is 5.97 Å². The summed E-state index contributed by atoms with van der Waals surface area (Å²) in [6.45, 7) is 5.60. The van der Waals surface area contributed by atoms with Gasteiger partial charge in [0.15, 0.2) is 0 Å². The van der Waals surface area contributed by atoms with E-state index in [9.17, 15) is 9.59 Å². The van der Waals surface area contributed by atoms with Gasteiger partial charge in [-0.05, 0) is 18.8 Å². The molecule has 1 aliphatic heterocycles. The number of carbonyl (C=O) groups is 2. The molecule has 0 bridgehead atoms. The molecule has 2 aliphatic rings. The molecule has 0 spiro atoms. The first-order valence-electron chi connectivity index (χ1n) is 8.18. The monoisotopic (exact) mass is 296 g/mol. The summed E-state index contributed by atoms with van der Waals surface area (Å²) < 4.78 is 4.69. The normalized spacial score (nSPS) is 28.0. The third-order valence-corrected chi connectivity index (χ3v) is 4.80. The van der Waals surface area contributed by atoms with Gasteiger partial charge in [0, 0.05) is 32.1 Å². The summed E-state index contributed by atoms with van der Waals surface area (Å²) in [5.74, 6) is 1.02. The zero-order valence-corrected chi connectivity index (χ0v) is 13.3. The zero-order chi connectivity index (χ0) is 15.2. The van der Waals surface area contributed by atoms with Crippen LogP contribution in [-0.2, 0) is 14.3 Å². The van der Waals surface area contributed by atoms with Gasteiger partial charge in [-0.3, -0.25) is 14.5 Å². The van der Waals surface area contributed by atoms with E-state index in [1.165, 1.54) is 26.4 Å². The molecule has 2 unspecified atom stereocenters. The van der Waals surface area contributed by atoms with Gasteiger partial charge in [-0.1, -0.05) is 26.2 Å². The molecule has 1 heterocycles. The third kappa shape index (κ3) is 4.70. The highest BCUT2D eigenvalue weighted by Crippen LogP contribution is 2.28. The molecule has 2 fully saturated rings. The SMILES string of the molecule is COC(=O)CN1CCN(C(=O)C2CCCCC(C)C2)CC1. The Hall–Kier alpha value is -1.10. The summed E-state index contributed by atoms with van der Waals surface area (Å²) in [7, 11) is 1.41. The minimum absolute atomic E-state index is 0.202. The molecule has 1 saturated carbocycles. The summed E-state index contributed by atoms with van der Waals surface area (Å²) in [5, 5.41) is 0. The highest BCUT2D eigenvalue weighted by Gasteiger charge is 2.29. The third-order valence-electron chi connectivity index (χ3n) is 4.80. The molecule has 0 aromatic heterocycles. The molecule has 2 atom stereocenters. The second-order valence-electron chi connectivity index (χ2n) is 6.50.